The lowest BCUT2D eigenvalue weighted by Gasteiger charge is -2.31. The van der Waals surface area contributed by atoms with Crippen LogP contribution >= 0.6 is 11.6 Å². The molecule has 3 aromatic carbocycles. The summed E-state index contributed by atoms with van der Waals surface area (Å²) in [6.45, 7) is 2.86. The molecule has 2 amide bonds. The van der Waals surface area contributed by atoms with Crippen LogP contribution in [0.5, 0.6) is 11.5 Å². The van der Waals surface area contributed by atoms with Gasteiger partial charge in [0.05, 0.1) is 45.0 Å². The number of carbonyl (C=O) groups is 1. The lowest BCUT2D eigenvalue weighted by molar-refractivity contribution is 0.122. The highest BCUT2D eigenvalue weighted by Gasteiger charge is 2.20. The molecule has 224 valence electrons. The Morgan fingerprint density at radius 1 is 1.00 bits per heavy atom. The molecule has 4 N–H and O–H groups in total. The zero-order valence-corrected chi connectivity index (χ0v) is 24.4. The molecule has 43 heavy (non-hydrogen) atoms. The summed E-state index contributed by atoms with van der Waals surface area (Å²) >= 11 is 6.49. The zero-order valence-electron chi connectivity index (χ0n) is 23.6. The minimum atomic E-state index is -0.447. The van der Waals surface area contributed by atoms with E-state index >= 15 is 0 Å². The maximum Gasteiger partial charge on any atom is 0.319 e. The number of urea groups is 1. The van der Waals surface area contributed by atoms with Crippen molar-refractivity contribution in [3.05, 3.63) is 83.3 Å². The fourth-order valence-electron chi connectivity index (χ4n) is 4.54. The van der Waals surface area contributed by atoms with E-state index in [0.717, 1.165) is 30.2 Å². The maximum absolute atomic E-state index is 13.4. The number of rotatable bonds is 10. The van der Waals surface area contributed by atoms with Gasteiger partial charge in [-0.25, -0.2) is 14.2 Å². The van der Waals surface area contributed by atoms with Crippen molar-refractivity contribution in [2.45, 2.75) is 6.54 Å². The highest BCUT2D eigenvalue weighted by molar-refractivity contribution is 6.33. The minimum absolute atomic E-state index is 0.175. The number of para-hydroxylation sites is 1. The molecule has 11 nitrogen and oxygen atoms in total. The van der Waals surface area contributed by atoms with E-state index < -0.39 is 6.03 Å². The van der Waals surface area contributed by atoms with Gasteiger partial charge in [0.25, 0.3) is 0 Å². The summed E-state index contributed by atoms with van der Waals surface area (Å²) < 4.78 is 30.1. The number of nitrogens with zero attached hydrogens (tertiary/aromatic N) is 3. The summed E-state index contributed by atoms with van der Waals surface area (Å²) in [4.78, 5) is 23.5. The van der Waals surface area contributed by atoms with Crippen molar-refractivity contribution in [1.82, 2.24) is 15.3 Å². The van der Waals surface area contributed by atoms with Gasteiger partial charge in [-0.15, -0.1) is 0 Å². The van der Waals surface area contributed by atoms with E-state index in [1.165, 1.54) is 25.4 Å². The van der Waals surface area contributed by atoms with E-state index in [1.54, 1.807) is 37.4 Å². The van der Waals surface area contributed by atoms with Gasteiger partial charge in [-0.3, -0.25) is 0 Å². The Bertz CT molecular complexity index is 1590. The zero-order chi connectivity index (χ0) is 30.2. The Labute approximate surface area is 253 Å². The molecule has 0 spiro atoms. The number of hydrogen-bond acceptors (Lipinski definition) is 9. The predicted octanol–water partition coefficient (Wildman–Crippen LogP) is 5.93. The third-order valence-corrected chi connectivity index (χ3v) is 6.87. The van der Waals surface area contributed by atoms with Gasteiger partial charge in [0.1, 0.15) is 28.0 Å². The van der Waals surface area contributed by atoms with Crippen LogP contribution in [0, 0.1) is 5.82 Å². The molecule has 13 heteroatoms. The Balaban J connectivity index is 1.29. The second-order valence-electron chi connectivity index (χ2n) is 9.45. The first kappa shape index (κ1) is 29.7. The van der Waals surface area contributed by atoms with Gasteiger partial charge >= 0.3 is 6.03 Å². The molecule has 1 saturated heterocycles. The number of halogens is 2. The molecular weight excluding hydrogens is 577 g/mol. The van der Waals surface area contributed by atoms with Gasteiger partial charge in [-0.1, -0.05) is 29.8 Å². The third-order valence-electron chi connectivity index (χ3n) is 6.59. The molecule has 1 aliphatic rings. The van der Waals surface area contributed by atoms with Gasteiger partial charge < -0.3 is 40.4 Å². The maximum atomic E-state index is 13.4. The van der Waals surface area contributed by atoms with Crippen molar-refractivity contribution >= 4 is 52.1 Å². The quantitative estimate of drug-likeness (QED) is 0.174. The van der Waals surface area contributed by atoms with Crippen LogP contribution < -0.4 is 35.6 Å². The number of methoxy groups -OCH3 is 2. The summed E-state index contributed by atoms with van der Waals surface area (Å²) in [6, 6.07) is 16.4. The summed E-state index contributed by atoms with van der Waals surface area (Å²) in [7, 11) is 3.15. The van der Waals surface area contributed by atoms with Crippen LogP contribution in [0.4, 0.5) is 43.7 Å². The van der Waals surface area contributed by atoms with Crippen molar-refractivity contribution in [1.29, 1.82) is 0 Å². The van der Waals surface area contributed by atoms with Crippen molar-refractivity contribution in [3.8, 4) is 11.5 Å². The van der Waals surface area contributed by atoms with Crippen LogP contribution in [0.2, 0.25) is 5.02 Å². The number of nitrogens with one attached hydrogen (secondary N) is 4. The van der Waals surface area contributed by atoms with Crippen LogP contribution in [0.25, 0.3) is 0 Å². The fraction of sp³-hybridized carbons (Fsp3) is 0.233. The van der Waals surface area contributed by atoms with Crippen LogP contribution in [0.1, 0.15) is 5.56 Å². The molecule has 0 unspecified atom stereocenters. The van der Waals surface area contributed by atoms with Gasteiger partial charge in [-0.05, 0) is 42.0 Å². The topological polar surface area (TPSA) is 122 Å². The van der Waals surface area contributed by atoms with Crippen LogP contribution in [0.3, 0.4) is 0 Å². The molecule has 0 saturated carbocycles. The standard InChI is InChI=1S/C30H31ClFN7O4/c1-41-25-8-4-7-24(27(25)39-11-13-43-14-12-39)36-28-22(31)18-33-29(38-28)37-23-10-9-21(16-26(23)42-2)35-30(40)34-17-19-5-3-6-20(32)15-19/h3-10,15-16,18H,11-14,17H2,1-2H3,(H2,34,35,40)(H2,33,36,37,38). The summed E-state index contributed by atoms with van der Waals surface area (Å²) in [6.07, 6.45) is 1.50. The van der Waals surface area contributed by atoms with Crippen molar-refractivity contribution in [2.75, 3.05) is 61.4 Å². The van der Waals surface area contributed by atoms with E-state index in [-0.39, 0.29) is 18.3 Å². The molecule has 0 bridgehead atoms. The molecular formula is C30H31ClFN7O4. The number of carbonyl (C=O) groups excluding carboxylic acids is 1. The summed E-state index contributed by atoms with van der Waals surface area (Å²) in [5.41, 5.74) is 3.37. The predicted molar refractivity (Wildman–Crippen MR) is 165 cm³/mol. The number of ether oxygens (including phenoxy) is 3. The molecule has 1 aromatic heterocycles. The fourth-order valence-corrected chi connectivity index (χ4v) is 4.68. The Hall–Kier alpha value is -4.81. The van der Waals surface area contributed by atoms with Gasteiger partial charge in [0.15, 0.2) is 5.82 Å². The SMILES string of the molecule is COc1cc(NC(=O)NCc2cccc(F)c2)ccc1Nc1ncc(Cl)c(Nc2cccc(OC)c2N2CCOCC2)n1. The van der Waals surface area contributed by atoms with E-state index in [4.69, 9.17) is 25.8 Å². The molecule has 1 fully saturated rings. The summed E-state index contributed by atoms with van der Waals surface area (Å²) in [5.74, 6) is 1.47. The molecule has 4 aromatic rings. The molecule has 0 atom stereocenters. The molecule has 1 aliphatic heterocycles. The highest BCUT2D eigenvalue weighted by atomic mass is 35.5. The van der Waals surface area contributed by atoms with Gasteiger partial charge in [-0.2, -0.15) is 4.98 Å². The third kappa shape index (κ3) is 7.53. The number of morpholine rings is 1. The first-order valence-electron chi connectivity index (χ1n) is 13.5. The van der Waals surface area contributed by atoms with Crippen LogP contribution in [-0.4, -0.2) is 56.5 Å². The lowest BCUT2D eigenvalue weighted by Crippen LogP contribution is -2.36. The normalized spacial score (nSPS) is 12.8. The van der Waals surface area contributed by atoms with E-state index in [9.17, 15) is 9.18 Å². The number of amides is 2. The molecule has 2 heterocycles. The smallest absolute Gasteiger partial charge is 0.319 e. The lowest BCUT2D eigenvalue weighted by atomic mass is 10.2. The largest absolute Gasteiger partial charge is 0.495 e. The molecule has 0 aliphatic carbocycles. The van der Waals surface area contributed by atoms with E-state index in [1.807, 2.05) is 18.2 Å². The molecule has 5 rings (SSSR count). The Kier molecular flexibility index (Phi) is 9.59. The van der Waals surface area contributed by atoms with Crippen molar-refractivity contribution in [3.63, 3.8) is 0 Å². The summed E-state index contributed by atoms with van der Waals surface area (Å²) in [5, 5.41) is 12.3. The number of hydrogen-bond donors (Lipinski definition) is 4. The van der Waals surface area contributed by atoms with E-state index in [0.29, 0.717) is 46.7 Å². The first-order valence-corrected chi connectivity index (χ1v) is 13.8. The monoisotopic (exact) mass is 607 g/mol. The number of benzene rings is 3. The second kappa shape index (κ2) is 13.9. The van der Waals surface area contributed by atoms with E-state index in [2.05, 4.69) is 36.1 Å². The Morgan fingerprint density at radius 2 is 1.79 bits per heavy atom. The average molecular weight is 608 g/mol. The number of anilines is 6. The van der Waals surface area contributed by atoms with Crippen LogP contribution in [-0.2, 0) is 11.3 Å². The van der Waals surface area contributed by atoms with Gasteiger partial charge in [0.2, 0.25) is 5.95 Å². The van der Waals surface area contributed by atoms with Crippen molar-refractivity contribution in [2.24, 2.45) is 0 Å². The first-order chi connectivity index (χ1) is 20.9. The average Bonchev–Trinajstić information content (AvgIpc) is 3.02. The molecule has 0 radical (unpaired) electrons. The Morgan fingerprint density at radius 3 is 2.56 bits per heavy atom. The van der Waals surface area contributed by atoms with Crippen molar-refractivity contribution < 1.29 is 23.4 Å². The van der Waals surface area contributed by atoms with Crippen LogP contribution in [0.15, 0.2) is 66.9 Å². The highest BCUT2D eigenvalue weighted by Crippen LogP contribution is 2.39. The number of aromatic nitrogens is 2. The minimum Gasteiger partial charge on any atom is -0.495 e. The second-order valence-corrected chi connectivity index (χ2v) is 9.86. The van der Waals surface area contributed by atoms with Gasteiger partial charge in [0, 0.05) is 31.4 Å².